The molecule has 0 spiro atoms. The number of ether oxygens (including phenoxy) is 1. The fourth-order valence-electron chi connectivity index (χ4n) is 5.16. The third-order valence-corrected chi connectivity index (χ3v) is 8.21. The van der Waals surface area contributed by atoms with E-state index in [1.165, 1.54) is 19.5 Å². The highest BCUT2D eigenvalue weighted by Gasteiger charge is 2.42. The summed E-state index contributed by atoms with van der Waals surface area (Å²) in [5.74, 6) is -0.315. The smallest absolute Gasteiger partial charge is 0.246 e. The summed E-state index contributed by atoms with van der Waals surface area (Å²) >= 11 is 3.26. The third-order valence-electron chi connectivity index (χ3n) is 7.72. The number of amides is 2. The molecule has 10 nitrogen and oxygen atoms in total. The van der Waals surface area contributed by atoms with Crippen molar-refractivity contribution in [2.24, 2.45) is 5.41 Å². The molecule has 0 bridgehead atoms. The van der Waals surface area contributed by atoms with Gasteiger partial charge < -0.3 is 25.6 Å². The summed E-state index contributed by atoms with van der Waals surface area (Å²) in [6.45, 7) is 7.82. The number of nitrogens with one attached hydrogen (secondary N) is 3. The summed E-state index contributed by atoms with van der Waals surface area (Å²) in [5.41, 5.74) is 0.814. The summed E-state index contributed by atoms with van der Waals surface area (Å²) in [4.78, 5) is 50.6. The Bertz CT molecular complexity index is 1530. The number of benzene rings is 2. The van der Waals surface area contributed by atoms with Gasteiger partial charge in [0.15, 0.2) is 5.78 Å². The van der Waals surface area contributed by atoms with Crippen LogP contribution in [0.1, 0.15) is 46.1 Å². The molecule has 1 fully saturated rings. The van der Waals surface area contributed by atoms with E-state index < -0.39 is 29.4 Å². The van der Waals surface area contributed by atoms with E-state index in [1.807, 2.05) is 20.8 Å². The molecule has 2 heterocycles. The van der Waals surface area contributed by atoms with E-state index in [1.54, 1.807) is 43.1 Å². The van der Waals surface area contributed by atoms with Gasteiger partial charge in [0.25, 0.3) is 0 Å². The summed E-state index contributed by atoms with van der Waals surface area (Å²) in [7, 11) is 3.19. The van der Waals surface area contributed by atoms with Crippen LogP contribution in [0, 0.1) is 11.2 Å². The highest BCUT2D eigenvalue weighted by Crippen LogP contribution is 2.33. The quantitative estimate of drug-likeness (QED) is 0.291. The van der Waals surface area contributed by atoms with Gasteiger partial charge in [-0.15, -0.1) is 0 Å². The SMILES string of the molecule is CN[C@@H](C)C(=O)N[C@H](C(=O)N1CCC[C@H]1C(=O)Cc1cc2c(Nc3ccc(Br)cc3F)ncnc2cc1OC)C(C)(C)C. The topological polar surface area (TPSA) is 126 Å². The first kappa shape index (κ1) is 32.3. The van der Waals surface area contributed by atoms with Gasteiger partial charge in [0.05, 0.1) is 30.4 Å². The van der Waals surface area contributed by atoms with Crippen LogP contribution in [0.5, 0.6) is 5.75 Å². The Morgan fingerprint density at radius 3 is 2.58 bits per heavy atom. The van der Waals surface area contributed by atoms with Crippen LogP contribution in [0.4, 0.5) is 15.9 Å². The van der Waals surface area contributed by atoms with Crippen molar-refractivity contribution >= 4 is 55.9 Å². The van der Waals surface area contributed by atoms with E-state index in [0.717, 1.165) is 0 Å². The molecule has 0 unspecified atom stereocenters. The number of halogens is 2. The molecular formula is C31H38BrFN6O4. The number of methoxy groups -OCH3 is 1. The fraction of sp³-hybridized carbons (Fsp3) is 0.452. The molecule has 0 radical (unpaired) electrons. The number of hydrogen-bond acceptors (Lipinski definition) is 8. The molecule has 1 saturated heterocycles. The fourth-order valence-corrected chi connectivity index (χ4v) is 5.49. The first-order chi connectivity index (χ1) is 20.3. The second-order valence-corrected chi connectivity index (χ2v) is 12.7. The Kier molecular flexibility index (Phi) is 10.0. The predicted molar refractivity (Wildman–Crippen MR) is 167 cm³/mol. The van der Waals surface area contributed by atoms with Crippen molar-refractivity contribution in [1.29, 1.82) is 0 Å². The molecule has 0 saturated carbocycles. The van der Waals surface area contributed by atoms with Crippen molar-refractivity contribution in [2.45, 2.75) is 65.1 Å². The van der Waals surface area contributed by atoms with Crippen molar-refractivity contribution in [3.8, 4) is 5.75 Å². The minimum Gasteiger partial charge on any atom is -0.496 e. The average molecular weight is 658 g/mol. The summed E-state index contributed by atoms with van der Waals surface area (Å²) in [6, 6.07) is 6.23. The molecule has 230 valence electrons. The molecule has 12 heteroatoms. The van der Waals surface area contributed by atoms with Gasteiger partial charge in [0, 0.05) is 34.5 Å². The molecule has 2 amide bonds. The van der Waals surface area contributed by atoms with Crippen LogP contribution < -0.4 is 20.7 Å². The molecular weight excluding hydrogens is 619 g/mol. The number of carbonyl (C=O) groups is 3. The first-order valence-electron chi connectivity index (χ1n) is 14.2. The number of nitrogens with zero attached hydrogens (tertiary/aromatic N) is 3. The van der Waals surface area contributed by atoms with Crippen molar-refractivity contribution in [3.05, 3.63) is 52.5 Å². The van der Waals surface area contributed by atoms with Crippen LogP contribution in [-0.4, -0.2) is 71.3 Å². The molecule has 0 aliphatic carbocycles. The normalized spacial score (nSPS) is 16.6. The lowest BCUT2D eigenvalue weighted by Crippen LogP contribution is -2.58. The number of likely N-dealkylation sites (N-methyl/N-ethyl adjacent to an activating group) is 1. The van der Waals surface area contributed by atoms with E-state index in [0.29, 0.717) is 51.9 Å². The van der Waals surface area contributed by atoms with Crippen molar-refractivity contribution < 1.29 is 23.5 Å². The number of carbonyl (C=O) groups excluding carboxylic acids is 3. The zero-order valence-corrected chi connectivity index (χ0v) is 26.8. The van der Waals surface area contributed by atoms with E-state index in [-0.39, 0.29) is 29.7 Å². The van der Waals surface area contributed by atoms with Gasteiger partial charge in [0.1, 0.15) is 29.8 Å². The van der Waals surface area contributed by atoms with Crippen molar-refractivity contribution in [3.63, 3.8) is 0 Å². The second-order valence-electron chi connectivity index (χ2n) is 11.8. The zero-order chi connectivity index (χ0) is 31.5. The minimum atomic E-state index is -0.802. The Hall–Kier alpha value is -3.64. The Morgan fingerprint density at radius 2 is 1.93 bits per heavy atom. The van der Waals surface area contributed by atoms with Crippen LogP contribution >= 0.6 is 15.9 Å². The molecule has 1 aromatic heterocycles. The van der Waals surface area contributed by atoms with Crippen LogP contribution in [0.25, 0.3) is 10.9 Å². The van der Waals surface area contributed by atoms with Gasteiger partial charge in [-0.2, -0.15) is 0 Å². The summed E-state index contributed by atoms with van der Waals surface area (Å²) < 4.78 is 20.8. The number of hydrogen-bond donors (Lipinski definition) is 3. The molecule has 2 aromatic carbocycles. The van der Waals surface area contributed by atoms with Crippen molar-refractivity contribution in [1.82, 2.24) is 25.5 Å². The van der Waals surface area contributed by atoms with E-state index >= 15 is 0 Å². The molecule has 3 aromatic rings. The van der Waals surface area contributed by atoms with Gasteiger partial charge >= 0.3 is 0 Å². The minimum absolute atomic E-state index is 0.00211. The molecule has 3 N–H and O–H groups in total. The lowest BCUT2D eigenvalue weighted by atomic mass is 9.85. The molecule has 4 rings (SSSR count). The maximum atomic E-state index is 14.6. The second kappa shape index (κ2) is 13.3. The maximum absolute atomic E-state index is 14.6. The van der Waals surface area contributed by atoms with Gasteiger partial charge in [-0.1, -0.05) is 36.7 Å². The van der Waals surface area contributed by atoms with Crippen LogP contribution in [-0.2, 0) is 20.8 Å². The van der Waals surface area contributed by atoms with E-state index in [4.69, 9.17) is 4.74 Å². The third kappa shape index (κ3) is 7.30. The standard InChI is InChI=1S/C31H38BrFN6O4/c1-17(34-5)29(41)38-27(31(2,3)4)30(42)39-11-7-8-24(39)25(40)13-18-12-20-23(15-26(18)43-6)35-16-36-28(20)37-22-10-9-19(32)14-21(22)33/h9-10,12,14-17,24,27,34H,7-8,11,13H2,1-6H3,(H,38,41)(H,35,36,37)/t17-,24-,27+/m0/s1. The first-order valence-corrected chi connectivity index (χ1v) is 15.0. The number of likely N-dealkylation sites (tertiary alicyclic amines) is 1. The Morgan fingerprint density at radius 1 is 1.19 bits per heavy atom. The number of Topliss-reactive ketones (excluding diaryl/α,β-unsaturated/α-hetero) is 1. The van der Waals surface area contributed by atoms with Gasteiger partial charge in [-0.3, -0.25) is 14.4 Å². The number of fused-ring (bicyclic) bond motifs is 1. The Balaban J connectivity index is 1.61. The van der Waals surface area contributed by atoms with Crippen LogP contribution in [0.2, 0.25) is 0 Å². The lowest BCUT2D eigenvalue weighted by Gasteiger charge is -2.36. The van der Waals surface area contributed by atoms with Gasteiger partial charge in [-0.05, 0) is 56.5 Å². The largest absolute Gasteiger partial charge is 0.496 e. The Labute approximate surface area is 259 Å². The maximum Gasteiger partial charge on any atom is 0.246 e. The number of aromatic nitrogens is 2. The van der Waals surface area contributed by atoms with Gasteiger partial charge in [0.2, 0.25) is 11.8 Å². The highest BCUT2D eigenvalue weighted by atomic mass is 79.9. The molecule has 1 aliphatic rings. The molecule has 1 aliphatic heterocycles. The number of ketones is 1. The molecule has 43 heavy (non-hydrogen) atoms. The van der Waals surface area contributed by atoms with Crippen LogP contribution in [0.3, 0.4) is 0 Å². The van der Waals surface area contributed by atoms with E-state index in [2.05, 4.69) is 41.8 Å². The monoisotopic (exact) mass is 656 g/mol. The van der Waals surface area contributed by atoms with Crippen molar-refractivity contribution in [2.75, 3.05) is 26.0 Å². The van der Waals surface area contributed by atoms with Crippen LogP contribution in [0.15, 0.2) is 41.1 Å². The summed E-state index contributed by atoms with van der Waals surface area (Å²) in [6.07, 6.45) is 2.57. The summed E-state index contributed by atoms with van der Waals surface area (Å²) in [5, 5.41) is 9.40. The average Bonchev–Trinajstić information content (AvgIpc) is 3.46. The lowest BCUT2D eigenvalue weighted by molar-refractivity contribution is -0.143. The van der Waals surface area contributed by atoms with E-state index in [9.17, 15) is 18.8 Å². The number of anilines is 2. The molecule has 3 atom stereocenters. The van der Waals surface area contributed by atoms with Gasteiger partial charge in [-0.25, -0.2) is 14.4 Å². The zero-order valence-electron chi connectivity index (χ0n) is 25.3. The highest BCUT2D eigenvalue weighted by molar-refractivity contribution is 9.10. The number of rotatable bonds is 10. The predicted octanol–water partition coefficient (Wildman–Crippen LogP) is 4.53.